The number of hydrogen-bond acceptors (Lipinski definition) is 8. The molecular formula is C34H47N3O7. The molecule has 0 aromatic heterocycles. The number of carbonyl (C=O) groups excluding carboxylic acids is 1. The van der Waals surface area contributed by atoms with Crippen LogP contribution >= 0.6 is 0 Å². The number of carboxylic acid groups (broad SMARTS) is 1. The Labute approximate surface area is 259 Å². The van der Waals surface area contributed by atoms with Gasteiger partial charge in [-0.05, 0) is 66.7 Å². The monoisotopic (exact) mass is 609 g/mol. The highest BCUT2D eigenvalue weighted by Crippen LogP contribution is 2.61. The molecule has 6 rings (SSSR count). The van der Waals surface area contributed by atoms with E-state index in [1.165, 1.54) is 6.42 Å². The third-order valence-electron chi connectivity index (χ3n) is 10.7. The van der Waals surface area contributed by atoms with Crippen molar-refractivity contribution >= 4 is 17.6 Å². The molecular weight excluding hydrogens is 562 g/mol. The molecule has 8 atom stereocenters. The first-order valence-corrected chi connectivity index (χ1v) is 15.5. The third kappa shape index (κ3) is 5.69. The lowest BCUT2D eigenvalue weighted by molar-refractivity contribution is -0.183. The van der Waals surface area contributed by atoms with Gasteiger partial charge in [-0.1, -0.05) is 39.0 Å². The quantitative estimate of drug-likeness (QED) is 0.318. The minimum atomic E-state index is -1.03. The van der Waals surface area contributed by atoms with E-state index in [1.807, 2.05) is 43.3 Å². The standard InChI is InChI=1S/C34H47N3O7/c1-18-26-14-23(34(26,3)4)15-27(18)35-32(40)30-29(19(2)39)28(17-38)44-37(30)16-20-9-8-10-25(31(20)43-7)21-11-22(33(41)42)13-24(12-21)36(5)6/h8-13,18-19,23,26-30,38-39H,14-17H2,1-7H3,(H,35,40)(H,41,42)/t18-,19-,23+,26-,27-,28-,29?,30-/m0/s1. The summed E-state index contributed by atoms with van der Waals surface area (Å²) in [5, 5.41) is 35.6. The Balaban J connectivity index is 1.46. The maximum Gasteiger partial charge on any atom is 0.335 e. The fourth-order valence-electron chi connectivity index (χ4n) is 7.98. The summed E-state index contributed by atoms with van der Waals surface area (Å²) < 4.78 is 5.89. The second-order valence-corrected chi connectivity index (χ2v) is 13.7. The largest absolute Gasteiger partial charge is 0.496 e. The summed E-state index contributed by atoms with van der Waals surface area (Å²) in [5.41, 5.74) is 3.25. The molecule has 2 aromatic carbocycles. The van der Waals surface area contributed by atoms with Crippen LogP contribution in [0.1, 0.15) is 56.5 Å². The molecule has 1 amide bonds. The number of anilines is 1. The number of ether oxygens (including phenoxy) is 1. The molecule has 240 valence electrons. The van der Waals surface area contributed by atoms with Crippen LogP contribution in [-0.4, -0.2) is 84.4 Å². The summed E-state index contributed by atoms with van der Waals surface area (Å²) in [7, 11) is 5.25. The molecule has 1 aliphatic heterocycles. The first-order valence-electron chi connectivity index (χ1n) is 15.5. The van der Waals surface area contributed by atoms with Gasteiger partial charge >= 0.3 is 5.97 Å². The third-order valence-corrected chi connectivity index (χ3v) is 10.7. The van der Waals surface area contributed by atoms with Crippen LogP contribution in [0, 0.1) is 29.1 Å². The number of carboxylic acids is 1. The zero-order valence-electron chi connectivity index (χ0n) is 26.8. The van der Waals surface area contributed by atoms with E-state index < -0.39 is 30.1 Å². The van der Waals surface area contributed by atoms with E-state index in [9.17, 15) is 24.9 Å². The van der Waals surface area contributed by atoms with Crippen molar-refractivity contribution in [1.82, 2.24) is 10.4 Å². The molecule has 4 fully saturated rings. The summed E-state index contributed by atoms with van der Waals surface area (Å²) in [6, 6.07) is 9.92. The first-order chi connectivity index (χ1) is 20.8. The predicted molar refractivity (Wildman–Crippen MR) is 167 cm³/mol. The van der Waals surface area contributed by atoms with E-state index in [0.29, 0.717) is 40.2 Å². The van der Waals surface area contributed by atoms with Gasteiger partial charge in [0.15, 0.2) is 0 Å². The number of rotatable bonds is 10. The number of aliphatic hydroxyl groups is 2. The molecule has 10 nitrogen and oxygen atoms in total. The molecule has 0 spiro atoms. The van der Waals surface area contributed by atoms with Gasteiger partial charge in [0.1, 0.15) is 17.9 Å². The zero-order chi connectivity index (χ0) is 32.1. The van der Waals surface area contributed by atoms with E-state index in [4.69, 9.17) is 9.57 Å². The lowest BCUT2D eigenvalue weighted by Gasteiger charge is -2.62. The summed E-state index contributed by atoms with van der Waals surface area (Å²) in [4.78, 5) is 34.0. The van der Waals surface area contributed by atoms with Gasteiger partial charge < -0.3 is 30.3 Å². The number of aromatic carboxylic acids is 1. The second kappa shape index (κ2) is 12.3. The number of amides is 1. The summed E-state index contributed by atoms with van der Waals surface area (Å²) in [5.74, 6) is 0.0844. The Hall–Kier alpha value is -3.18. The number of fused-ring (bicyclic) bond motifs is 2. The van der Waals surface area contributed by atoms with Crippen molar-refractivity contribution in [3.63, 3.8) is 0 Å². The van der Waals surface area contributed by atoms with E-state index in [1.54, 1.807) is 31.2 Å². The zero-order valence-corrected chi connectivity index (χ0v) is 26.8. The van der Waals surface area contributed by atoms with Crippen molar-refractivity contribution < 1.29 is 34.5 Å². The summed E-state index contributed by atoms with van der Waals surface area (Å²) in [6.45, 7) is 8.29. The average molecular weight is 610 g/mol. The van der Waals surface area contributed by atoms with Gasteiger partial charge in [0, 0.05) is 42.9 Å². The minimum absolute atomic E-state index is 0.0363. The minimum Gasteiger partial charge on any atom is -0.496 e. The lowest BCUT2D eigenvalue weighted by atomic mass is 9.45. The van der Waals surface area contributed by atoms with Crippen LogP contribution in [0.5, 0.6) is 5.75 Å². The highest BCUT2D eigenvalue weighted by Gasteiger charge is 2.57. The number of nitrogens with one attached hydrogen (secondary N) is 1. The van der Waals surface area contributed by atoms with Crippen molar-refractivity contribution in [3.8, 4) is 16.9 Å². The maximum atomic E-state index is 14.0. The highest BCUT2D eigenvalue weighted by atomic mass is 16.7. The Morgan fingerprint density at radius 1 is 1.20 bits per heavy atom. The molecule has 1 saturated heterocycles. The summed E-state index contributed by atoms with van der Waals surface area (Å²) >= 11 is 0. The molecule has 4 N–H and O–H groups in total. The second-order valence-electron chi connectivity index (χ2n) is 13.7. The molecule has 10 heteroatoms. The van der Waals surface area contributed by atoms with Gasteiger partial charge in [0.25, 0.3) is 0 Å². The van der Waals surface area contributed by atoms with Crippen LogP contribution in [0.25, 0.3) is 11.1 Å². The SMILES string of the molecule is COc1c(CN2O[C@@H](CO)C([C@H](C)O)[C@H]2C(=O)N[C@H]2C[C@H]3C[C@@H]([C@@H]2C)C3(C)C)cccc1-c1cc(C(=O)O)cc(N(C)C)c1. The van der Waals surface area contributed by atoms with Crippen molar-refractivity contribution in [3.05, 3.63) is 47.5 Å². The number of hydrogen-bond donors (Lipinski definition) is 4. The molecule has 44 heavy (non-hydrogen) atoms. The van der Waals surface area contributed by atoms with Crippen LogP contribution < -0.4 is 15.0 Å². The molecule has 1 heterocycles. The molecule has 2 aromatic rings. The van der Waals surface area contributed by atoms with Gasteiger partial charge in [0.2, 0.25) is 5.91 Å². The van der Waals surface area contributed by atoms with Gasteiger partial charge in [-0.25, -0.2) is 4.79 Å². The van der Waals surface area contributed by atoms with E-state index in [2.05, 4.69) is 26.1 Å². The highest BCUT2D eigenvalue weighted by molar-refractivity contribution is 5.92. The average Bonchev–Trinajstić information content (AvgIpc) is 3.36. The maximum absolute atomic E-state index is 14.0. The molecule has 3 aliphatic carbocycles. The van der Waals surface area contributed by atoms with Gasteiger partial charge in [-0.3, -0.25) is 9.63 Å². The van der Waals surface area contributed by atoms with E-state index in [-0.39, 0.29) is 36.1 Å². The lowest BCUT2D eigenvalue weighted by Crippen LogP contribution is -2.62. The molecule has 4 aliphatic rings. The van der Waals surface area contributed by atoms with Crippen molar-refractivity contribution in [2.75, 3.05) is 32.7 Å². The molecule has 3 saturated carbocycles. The number of nitrogens with zero attached hydrogens (tertiary/aromatic N) is 2. The predicted octanol–water partition coefficient (Wildman–Crippen LogP) is 3.79. The van der Waals surface area contributed by atoms with Crippen molar-refractivity contribution in [2.24, 2.45) is 29.1 Å². The van der Waals surface area contributed by atoms with Crippen LogP contribution in [0.2, 0.25) is 0 Å². The van der Waals surface area contributed by atoms with Crippen molar-refractivity contribution in [2.45, 2.75) is 71.4 Å². The van der Waals surface area contributed by atoms with Crippen LogP contribution in [0.4, 0.5) is 5.69 Å². The normalized spacial score (nSPS) is 29.9. The number of para-hydroxylation sites is 1. The van der Waals surface area contributed by atoms with Gasteiger partial charge in [0.05, 0.1) is 31.9 Å². The van der Waals surface area contributed by atoms with Gasteiger partial charge in [-0.15, -0.1) is 0 Å². The molecule has 1 unspecified atom stereocenters. The fraction of sp³-hybridized carbons (Fsp3) is 0.588. The number of carbonyl (C=O) groups is 2. The number of methoxy groups -OCH3 is 1. The summed E-state index contributed by atoms with van der Waals surface area (Å²) in [6.07, 6.45) is 0.461. The smallest absolute Gasteiger partial charge is 0.335 e. The Bertz CT molecular complexity index is 1390. The number of hydroxylamine groups is 2. The fourth-order valence-corrected chi connectivity index (χ4v) is 7.98. The Morgan fingerprint density at radius 3 is 2.50 bits per heavy atom. The first kappa shape index (κ1) is 32.2. The Kier molecular flexibility index (Phi) is 9.01. The topological polar surface area (TPSA) is 132 Å². The molecule has 0 radical (unpaired) electrons. The Morgan fingerprint density at radius 2 is 1.93 bits per heavy atom. The van der Waals surface area contributed by atoms with Crippen molar-refractivity contribution in [1.29, 1.82) is 0 Å². The number of benzene rings is 2. The molecule has 2 bridgehead atoms. The van der Waals surface area contributed by atoms with Crippen LogP contribution in [0.3, 0.4) is 0 Å². The van der Waals surface area contributed by atoms with Crippen LogP contribution in [-0.2, 0) is 16.2 Å². The van der Waals surface area contributed by atoms with Gasteiger partial charge in [-0.2, -0.15) is 5.06 Å². The van der Waals surface area contributed by atoms with E-state index in [0.717, 1.165) is 12.1 Å². The van der Waals surface area contributed by atoms with Crippen LogP contribution in [0.15, 0.2) is 36.4 Å². The number of aliphatic hydroxyl groups excluding tert-OH is 2. The van der Waals surface area contributed by atoms with E-state index >= 15 is 0 Å².